The molecule has 0 aliphatic rings. The lowest BCUT2D eigenvalue weighted by Crippen LogP contribution is -2.16. The second-order valence-electron chi connectivity index (χ2n) is 4.75. The Morgan fingerprint density at radius 1 is 1.20 bits per heavy atom. The molecule has 1 aromatic carbocycles. The first-order valence-corrected chi connectivity index (χ1v) is 7.86. The average molecular weight is 293 g/mol. The first kappa shape index (κ1) is 15.1. The van der Waals surface area contributed by atoms with Crippen LogP contribution in [0.1, 0.15) is 35.3 Å². The zero-order valence-corrected chi connectivity index (χ0v) is 12.5. The molecule has 1 aromatic heterocycles. The van der Waals surface area contributed by atoms with E-state index in [1.807, 2.05) is 6.07 Å². The highest BCUT2D eigenvalue weighted by atomic mass is 32.1. The summed E-state index contributed by atoms with van der Waals surface area (Å²) >= 11 is 1.62. The van der Waals surface area contributed by atoms with Gasteiger partial charge in [0.25, 0.3) is 0 Å². The van der Waals surface area contributed by atoms with Crippen LogP contribution in [0.4, 0.5) is 4.39 Å². The number of aromatic nitrogens is 2. The highest BCUT2D eigenvalue weighted by molar-refractivity contribution is 7.11. The van der Waals surface area contributed by atoms with Gasteiger partial charge in [-0.2, -0.15) is 0 Å². The van der Waals surface area contributed by atoms with Crippen molar-refractivity contribution < 1.29 is 4.39 Å². The van der Waals surface area contributed by atoms with Gasteiger partial charge in [0.15, 0.2) is 0 Å². The molecule has 2 aromatic rings. The third kappa shape index (κ3) is 4.98. The van der Waals surface area contributed by atoms with Crippen LogP contribution in [0.25, 0.3) is 0 Å². The first-order chi connectivity index (χ1) is 9.78. The van der Waals surface area contributed by atoms with Crippen LogP contribution < -0.4 is 5.32 Å². The van der Waals surface area contributed by atoms with E-state index in [1.54, 1.807) is 23.5 Å². The van der Waals surface area contributed by atoms with Crippen molar-refractivity contribution in [1.29, 1.82) is 0 Å². The maximum absolute atomic E-state index is 13.1. The summed E-state index contributed by atoms with van der Waals surface area (Å²) < 4.78 is 13.1. The highest BCUT2D eigenvalue weighted by Gasteiger charge is 2.05. The standard InChI is InChI=1S/C15H20FN3S/c1-2-8-17-9-4-7-14-18-19-15(20-14)11-12-5-3-6-13(16)10-12/h3,5-6,10,17H,2,4,7-9,11H2,1H3. The predicted molar refractivity (Wildman–Crippen MR) is 80.6 cm³/mol. The summed E-state index contributed by atoms with van der Waals surface area (Å²) in [5.74, 6) is -0.200. The minimum Gasteiger partial charge on any atom is -0.317 e. The third-order valence-electron chi connectivity index (χ3n) is 2.92. The van der Waals surface area contributed by atoms with Gasteiger partial charge in [-0.15, -0.1) is 21.5 Å². The molecule has 0 aliphatic heterocycles. The molecular weight excluding hydrogens is 273 g/mol. The number of hydrogen-bond donors (Lipinski definition) is 1. The Balaban J connectivity index is 1.80. The van der Waals surface area contributed by atoms with Gasteiger partial charge in [-0.25, -0.2) is 4.39 Å². The third-order valence-corrected chi connectivity index (χ3v) is 3.91. The van der Waals surface area contributed by atoms with Crippen molar-refractivity contribution in [2.24, 2.45) is 0 Å². The van der Waals surface area contributed by atoms with Crippen molar-refractivity contribution in [3.8, 4) is 0 Å². The van der Waals surface area contributed by atoms with Gasteiger partial charge in [-0.1, -0.05) is 19.1 Å². The van der Waals surface area contributed by atoms with E-state index in [-0.39, 0.29) is 5.82 Å². The van der Waals surface area contributed by atoms with E-state index >= 15 is 0 Å². The zero-order chi connectivity index (χ0) is 14.2. The van der Waals surface area contributed by atoms with Crippen LogP contribution in [0.15, 0.2) is 24.3 Å². The van der Waals surface area contributed by atoms with Crippen LogP contribution in [-0.2, 0) is 12.8 Å². The van der Waals surface area contributed by atoms with Crippen LogP contribution in [-0.4, -0.2) is 23.3 Å². The fourth-order valence-electron chi connectivity index (χ4n) is 1.95. The summed E-state index contributed by atoms with van der Waals surface area (Å²) in [6.45, 7) is 4.25. The number of halogens is 1. The van der Waals surface area contributed by atoms with Gasteiger partial charge in [0.2, 0.25) is 0 Å². The Hall–Kier alpha value is -1.33. The van der Waals surface area contributed by atoms with Gasteiger partial charge < -0.3 is 5.32 Å². The largest absolute Gasteiger partial charge is 0.317 e. The molecule has 3 nitrogen and oxygen atoms in total. The normalized spacial score (nSPS) is 10.9. The van der Waals surface area contributed by atoms with Crippen molar-refractivity contribution in [2.45, 2.75) is 32.6 Å². The van der Waals surface area contributed by atoms with E-state index in [0.29, 0.717) is 6.42 Å². The van der Waals surface area contributed by atoms with Crippen LogP contribution in [0.5, 0.6) is 0 Å². The summed E-state index contributed by atoms with van der Waals surface area (Å²) in [7, 11) is 0. The lowest BCUT2D eigenvalue weighted by Gasteiger charge is -2.00. The summed E-state index contributed by atoms with van der Waals surface area (Å²) in [5.41, 5.74) is 0.942. The zero-order valence-electron chi connectivity index (χ0n) is 11.7. The van der Waals surface area contributed by atoms with Crippen LogP contribution in [0.2, 0.25) is 0 Å². The van der Waals surface area contributed by atoms with Crippen molar-refractivity contribution in [1.82, 2.24) is 15.5 Å². The maximum Gasteiger partial charge on any atom is 0.123 e. The van der Waals surface area contributed by atoms with E-state index in [2.05, 4.69) is 22.4 Å². The van der Waals surface area contributed by atoms with Crippen LogP contribution in [0.3, 0.4) is 0 Å². The molecule has 0 saturated heterocycles. The van der Waals surface area contributed by atoms with Gasteiger partial charge in [-0.05, 0) is 43.6 Å². The summed E-state index contributed by atoms with van der Waals surface area (Å²) in [5, 5.41) is 13.8. The second kappa shape index (κ2) is 8.07. The number of benzene rings is 1. The minimum absolute atomic E-state index is 0.200. The number of aryl methyl sites for hydroxylation is 1. The maximum atomic E-state index is 13.1. The molecule has 1 heterocycles. The minimum atomic E-state index is -0.200. The van der Waals surface area contributed by atoms with Crippen molar-refractivity contribution in [3.05, 3.63) is 45.7 Å². The molecule has 5 heteroatoms. The second-order valence-corrected chi connectivity index (χ2v) is 5.90. The Morgan fingerprint density at radius 2 is 2.05 bits per heavy atom. The fraction of sp³-hybridized carbons (Fsp3) is 0.467. The molecule has 0 atom stereocenters. The quantitative estimate of drug-likeness (QED) is 0.760. The van der Waals surface area contributed by atoms with Gasteiger partial charge >= 0.3 is 0 Å². The van der Waals surface area contributed by atoms with Gasteiger partial charge in [0, 0.05) is 12.8 Å². The molecule has 0 saturated carbocycles. The molecule has 0 radical (unpaired) electrons. The lowest BCUT2D eigenvalue weighted by molar-refractivity contribution is 0.626. The smallest absolute Gasteiger partial charge is 0.123 e. The predicted octanol–water partition coefficient (Wildman–Crippen LogP) is 3.20. The van der Waals surface area contributed by atoms with Crippen molar-refractivity contribution >= 4 is 11.3 Å². The number of hydrogen-bond acceptors (Lipinski definition) is 4. The Morgan fingerprint density at radius 3 is 2.85 bits per heavy atom. The molecule has 0 spiro atoms. The molecule has 1 N–H and O–H groups in total. The monoisotopic (exact) mass is 293 g/mol. The molecule has 0 fully saturated rings. The molecule has 0 aliphatic carbocycles. The highest BCUT2D eigenvalue weighted by Crippen LogP contribution is 2.16. The Bertz CT molecular complexity index is 527. The van der Waals surface area contributed by atoms with Crippen molar-refractivity contribution in [3.63, 3.8) is 0 Å². The van der Waals surface area contributed by atoms with Gasteiger partial charge in [-0.3, -0.25) is 0 Å². The molecule has 0 amide bonds. The fourth-order valence-corrected chi connectivity index (χ4v) is 2.87. The summed E-state index contributed by atoms with van der Waals surface area (Å²) in [4.78, 5) is 0. The topological polar surface area (TPSA) is 37.8 Å². The number of rotatable bonds is 8. The number of nitrogens with one attached hydrogen (secondary N) is 1. The molecule has 2 rings (SSSR count). The van der Waals surface area contributed by atoms with Crippen LogP contribution >= 0.6 is 11.3 Å². The van der Waals surface area contributed by atoms with E-state index < -0.39 is 0 Å². The molecular formula is C15H20FN3S. The Kier molecular flexibility index (Phi) is 6.08. The first-order valence-electron chi connectivity index (χ1n) is 7.04. The van der Waals surface area contributed by atoms with Crippen LogP contribution in [0, 0.1) is 5.82 Å². The van der Waals surface area contributed by atoms with Gasteiger partial charge in [0.1, 0.15) is 15.8 Å². The van der Waals surface area contributed by atoms with E-state index in [1.165, 1.54) is 6.07 Å². The lowest BCUT2D eigenvalue weighted by atomic mass is 10.1. The van der Waals surface area contributed by atoms with Gasteiger partial charge in [0.05, 0.1) is 0 Å². The number of nitrogens with zero attached hydrogens (tertiary/aromatic N) is 2. The molecule has 0 bridgehead atoms. The van der Waals surface area contributed by atoms with E-state index in [4.69, 9.17) is 0 Å². The Labute approximate surface area is 123 Å². The van der Waals surface area contributed by atoms with Crippen molar-refractivity contribution in [2.75, 3.05) is 13.1 Å². The molecule has 108 valence electrons. The van der Waals surface area contributed by atoms with E-state index in [0.717, 1.165) is 47.9 Å². The SMILES string of the molecule is CCCNCCCc1nnc(Cc2cccc(F)c2)s1. The summed E-state index contributed by atoms with van der Waals surface area (Å²) in [6, 6.07) is 6.65. The molecule has 20 heavy (non-hydrogen) atoms. The van der Waals surface area contributed by atoms with E-state index in [9.17, 15) is 4.39 Å². The summed E-state index contributed by atoms with van der Waals surface area (Å²) in [6.07, 6.45) is 3.85. The average Bonchev–Trinajstić information content (AvgIpc) is 2.86. The molecule has 0 unspecified atom stereocenters.